The predicted molar refractivity (Wildman–Crippen MR) is 86.4 cm³/mol. The van der Waals surface area contributed by atoms with Crippen molar-refractivity contribution in [1.82, 2.24) is 10.0 Å². The Labute approximate surface area is 129 Å². The van der Waals surface area contributed by atoms with Crippen LogP contribution in [0, 0.1) is 6.92 Å². The third-order valence-corrected chi connectivity index (χ3v) is 5.74. The summed E-state index contributed by atoms with van der Waals surface area (Å²) >= 11 is 6.42. The molecule has 1 aliphatic rings. The molecule has 0 saturated carbocycles. The highest BCUT2D eigenvalue weighted by molar-refractivity contribution is 7.84. The third-order valence-electron chi connectivity index (χ3n) is 3.59. The molecular formula is C15H23ClN2OS. The Morgan fingerprint density at radius 1 is 1.40 bits per heavy atom. The van der Waals surface area contributed by atoms with Crippen LogP contribution in [0.4, 0.5) is 0 Å². The van der Waals surface area contributed by atoms with E-state index in [0.717, 1.165) is 29.1 Å². The molecule has 1 aliphatic heterocycles. The van der Waals surface area contributed by atoms with E-state index < -0.39 is 11.0 Å². The van der Waals surface area contributed by atoms with Crippen molar-refractivity contribution in [1.29, 1.82) is 0 Å². The minimum atomic E-state index is -1.07. The van der Waals surface area contributed by atoms with Crippen molar-refractivity contribution >= 4 is 22.6 Å². The van der Waals surface area contributed by atoms with E-state index >= 15 is 0 Å². The van der Waals surface area contributed by atoms with Crippen LogP contribution in [0.25, 0.3) is 0 Å². The van der Waals surface area contributed by atoms with Gasteiger partial charge < -0.3 is 5.32 Å². The molecule has 0 aliphatic carbocycles. The van der Waals surface area contributed by atoms with Gasteiger partial charge in [0.05, 0.1) is 21.8 Å². The molecule has 1 fully saturated rings. The van der Waals surface area contributed by atoms with E-state index in [1.807, 2.05) is 45.9 Å². The maximum Gasteiger partial charge on any atom is 0.0973 e. The van der Waals surface area contributed by atoms with Gasteiger partial charge in [0, 0.05) is 11.1 Å². The van der Waals surface area contributed by atoms with Crippen molar-refractivity contribution in [2.45, 2.75) is 50.9 Å². The van der Waals surface area contributed by atoms with E-state index in [1.54, 1.807) is 0 Å². The minimum absolute atomic E-state index is 0.119. The number of aryl methyl sites for hydroxylation is 1. The average Bonchev–Trinajstić information content (AvgIpc) is 2.79. The first-order valence-electron chi connectivity index (χ1n) is 6.97. The Hall–Kier alpha value is -0.420. The second-order valence-corrected chi connectivity index (χ2v) is 8.68. The maximum atomic E-state index is 12.3. The third kappa shape index (κ3) is 3.42. The quantitative estimate of drug-likeness (QED) is 0.900. The lowest BCUT2D eigenvalue weighted by molar-refractivity contribution is 0.525. The molecule has 0 bridgehead atoms. The van der Waals surface area contributed by atoms with Crippen LogP contribution in [0.2, 0.25) is 5.02 Å². The normalized spacial score (nSPS) is 24.9. The molecular weight excluding hydrogens is 292 g/mol. The largest absolute Gasteiger partial charge is 0.308 e. The Bertz CT molecular complexity index is 513. The molecule has 20 heavy (non-hydrogen) atoms. The number of halogens is 1. The average molecular weight is 315 g/mol. The lowest BCUT2D eigenvalue weighted by atomic mass is 10.00. The Balaban J connectivity index is 2.19. The van der Waals surface area contributed by atoms with Crippen LogP contribution < -0.4 is 10.0 Å². The van der Waals surface area contributed by atoms with Gasteiger partial charge in [-0.1, -0.05) is 29.8 Å². The number of rotatable bonds is 3. The second-order valence-electron chi connectivity index (χ2n) is 6.30. The molecule has 1 heterocycles. The summed E-state index contributed by atoms with van der Waals surface area (Å²) in [7, 11) is -1.07. The van der Waals surface area contributed by atoms with Crippen molar-refractivity contribution in [3.05, 3.63) is 34.3 Å². The van der Waals surface area contributed by atoms with E-state index in [2.05, 4.69) is 10.0 Å². The van der Waals surface area contributed by atoms with Gasteiger partial charge in [-0.05, 0) is 51.8 Å². The monoisotopic (exact) mass is 314 g/mol. The fourth-order valence-electron chi connectivity index (χ4n) is 2.38. The van der Waals surface area contributed by atoms with Crippen LogP contribution in [0.15, 0.2) is 18.2 Å². The molecule has 0 amide bonds. The predicted octanol–water partition coefficient (Wildman–Crippen LogP) is 3.10. The van der Waals surface area contributed by atoms with Gasteiger partial charge in [-0.2, -0.15) is 0 Å². The van der Waals surface area contributed by atoms with Gasteiger partial charge in [0.1, 0.15) is 0 Å². The molecule has 5 heteroatoms. The fourth-order valence-corrected chi connectivity index (χ4v) is 3.51. The van der Waals surface area contributed by atoms with E-state index in [-0.39, 0.29) is 16.8 Å². The van der Waals surface area contributed by atoms with Gasteiger partial charge in [0.15, 0.2) is 0 Å². The molecule has 0 radical (unpaired) electrons. The molecule has 1 aromatic carbocycles. The van der Waals surface area contributed by atoms with Crippen LogP contribution >= 0.6 is 11.6 Å². The van der Waals surface area contributed by atoms with Gasteiger partial charge in [0.25, 0.3) is 0 Å². The summed E-state index contributed by atoms with van der Waals surface area (Å²) in [5.74, 6) is 0. The summed E-state index contributed by atoms with van der Waals surface area (Å²) < 4.78 is 15.3. The summed E-state index contributed by atoms with van der Waals surface area (Å²) in [5, 5.41) is 4.27. The van der Waals surface area contributed by atoms with E-state index in [1.165, 1.54) is 0 Å². The standard InChI is InChI=1S/C15H23ClN2OS/c1-10-6-5-7-11(13(10)16)14-12(8-9-17-14)18-20(19)15(2,3)4/h5-7,12,14,17-18H,8-9H2,1-4H3/t12-,14-,20?/m1/s1. The van der Waals surface area contributed by atoms with Crippen molar-refractivity contribution in [2.75, 3.05) is 6.54 Å². The molecule has 0 aromatic heterocycles. The number of benzene rings is 1. The fraction of sp³-hybridized carbons (Fsp3) is 0.600. The van der Waals surface area contributed by atoms with Crippen molar-refractivity contribution in [3.8, 4) is 0 Å². The van der Waals surface area contributed by atoms with Crippen molar-refractivity contribution in [3.63, 3.8) is 0 Å². The molecule has 2 N–H and O–H groups in total. The molecule has 3 atom stereocenters. The smallest absolute Gasteiger partial charge is 0.0973 e. The molecule has 1 saturated heterocycles. The van der Waals surface area contributed by atoms with Crippen LogP contribution in [-0.2, 0) is 11.0 Å². The first-order chi connectivity index (χ1) is 9.30. The van der Waals surface area contributed by atoms with Crippen LogP contribution in [-0.4, -0.2) is 21.5 Å². The summed E-state index contributed by atoms with van der Waals surface area (Å²) in [6, 6.07) is 6.35. The first kappa shape index (κ1) is 16.0. The van der Waals surface area contributed by atoms with Gasteiger partial charge >= 0.3 is 0 Å². The summed E-state index contributed by atoms with van der Waals surface area (Å²) in [5.41, 5.74) is 2.17. The van der Waals surface area contributed by atoms with Crippen LogP contribution in [0.1, 0.15) is 44.4 Å². The van der Waals surface area contributed by atoms with E-state index in [4.69, 9.17) is 11.6 Å². The lowest BCUT2D eigenvalue weighted by Gasteiger charge is -2.26. The Morgan fingerprint density at radius 2 is 2.10 bits per heavy atom. The zero-order chi connectivity index (χ0) is 14.9. The van der Waals surface area contributed by atoms with Crippen molar-refractivity contribution in [2.24, 2.45) is 0 Å². The van der Waals surface area contributed by atoms with E-state index in [9.17, 15) is 4.21 Å². The van der Waals surface area contributed by atoms with E-state index in [0.29, 0.717) is 0 Å². The van der Waals surface area contributed by atoms with Gasteiger partial charge in [-0.3, -0.25) is 0 Å². The molecule has 2 rings (SSSR count). The van der Waals surface area contributed by atoms with Crippen LogP contribution in [0.3, 0.4) is 0 Å². The molecule has 0 spiro atoms. The summed E-state index contributed by atoms with van der Waals surface area (Å²) in [6.07, 6.45) is 0.955. The first-order valence-corrected chi connectivity index (χ1v) is 8.50. The summed E-state index contributed by atoms with van der Waals surface area (Å²) in [6.45, 7) is 8.86. The zero-order valence-electron chi connectivity index (χ0n) is 12.5. The van der Waals surface area contributed by atoms with Gasteiger partial charge in [0.2, 0.25) is 0 Å². The highest BCUT2D eigenvalue weighted by Gasteiger charge is 2.33. The Kier molecular flexibility index (Phi) is 4.90. The summed E-state index contributed by atoms with van der Waals surface area (Å²) in [4.78, 5) is 0. The highest BCUT2D eigenvalue weighted by Crippen LogP contribution is 2.32. The second kappa shape index (κ2) is 6.14. The number of hydrogen-bond acceptors (Lipinski definition) is 2. The molecule has 112 valence electrons. The highest BCUT2D eigenvalue weighted by atomic mass is 35.5. The van der Waals surface area contributed by atoms with Crippen molar-refractivity contribution < 1.29 is 4.21 Å². The van der Waals surface area contributed by atoms with Gasteiger partial charge in [-0.25, -0.2) is 8.93 Å². The molecule has 1 unspecified atom stereocenters. The number of hydrogen-bond donors (Lipinski definition) is 2. The zero-order valence-corrected chi connectivity index (χ0v) is 14.1. The maximum absolute atomic E-state index is 12.3. The molecule has 3 nitrogen and oxygen atoms in total. The van der Waals surface area contributed by atoms with Crippen LogP contribution in [0.5, 0.6) is 0 Å². The SMILES string of the molecule is Cc1cccc([C@H]2NCC[C@H]2NS(=O)C(C)(C)C)c1Cl. The molecule has 1 aromatic rings. The topological polar surface area (TPSA) is 41.1 Å². The lowest BCUT2D eigenvalue weighted by Crippen LogP contribution is -2.42. The minimum Gasteiger partial charge on any atom is -0.308 e. The van der Waals surface area contributed by atoms with Gasteiger partial charge in [-0.15, -0.1) is 0 Å². The number of nitrogens with one attached hydrogen (secondary N) is 2. The Morgan fingerprint density at radius 3 is 2.75 bits per heavy atom.